The van der Waals surface area contributed by atoms with Gasteiger partial charge in [0.05, 0.1) is 11.4 Å². The first-order chi connectivity index (χ1) is 9.94. The lowest BCUT2D eigenvalue weighted by Gasteiger charge is -2.11. The fourth-order valence-corrected chi connectivity index (χ4v) is 2.38. The Hall–Kier alpha value is -2.17. The van der Waals surface area contributed by atoms with E-state index in [1.165, 1.54) is 12.1 Å². The highest BCUT2D eigenvalue weighted by atomic mass is 19.1. The molecule has 0 aliphatic carbocycles. The first-order valence-corrected chi connectivity index (χ1v) is 6.98. The van der Waals surface area contributed by atoms with Gasteiger partial charge in [0.15, 0.2) is 0 Å². The number of anilines is 1. The van der Waals surface area contributed by atoms with E-state index in [0.717, 1.165) is 16.9 Å². The van der Waals surface area contributed by atoms with Crippen LogP contribution in [-0.4, -0.2) is 15.7 Å². The first kappa shape index (κ1) is 15.2. The van der Waals surface area contributed by atoms with E-state index in [-0.39, 0.29) is 17.6 Å². The molecule has 21 heavy (non-hydrogen) atoms. The molecule has 0 fully saturated rings. The van der Waals surface area contributed by atoms with Gasteiger partial charge in [0.1, 0.15) is 5.82 Å². The van der Waals surface area contributed by atoms with Crippen molar-refractivity contribution in [2.45, 2.75) is 26.7 Å². The van der Waals surface area contributed by atoms with Gasteiger partial charge in [0, 0.05) is 19.7 Å². The van der Waals surface area contributed by atoms with Gasteiger partial charge in [-0.3, -0.25) is 9.48 Å². The van der Waals surface area contributed by atoms with Crippen molar-refractivity contribution >= 4 is 11.6 Å². The molecule has 1 N–H and O–H groups in total. The fourth-order valence-electron chi connectivity index (χ4n) is 2.38. The number of aromatic nitrogens is 2. The van der Waals surface area contributed by atoms with Crippen LogP contribution in [0, 0.1) is 18.7 Å². The van der Waals surface area contributed by atoms with E-state index in [1.807, 2.05) is 27.0 Å². The van der Waals surface area contributed by atoms with Gasteiger partial charge in [-0.15, -0.1) is 0 Å². The van der Waals surface area contributed by atoms with Gasteiger partial charge in [0.2, 0.25) is 5.91 Å². The third-order valence-corrected chi connectivity index (χ3v) is 3.29. The number of amides is 1. The predicted octanol–water partition coefficient (Wildman–Crippen LogP) is 3.08. The van der Waals surface area contributed by atoms with Crippen molar-refractivity contribution in [1.82, 2.24) is 9.78 Å². The SMILES string of the molecule is Cc1nn(C)cc1NC(=O)CC(C)Cc1cccc(F)c1. The monoisotopic (exact) mass is 289 g/mol. The zero-order valence-corrected chi connectivity index (χ0v) is 12.6. The van der Waals surface area contributed by atoms with Crippen molar-refractivity contribution in [3.05, 3.63) is 47.5 Å². The molecule has 5 heteroatoms. The Morgan fingerprint density at radius 3 is 2.86 bits per heavy atom. The summed E-state index contributed by atoms with van der Waals surface area (Å²) in [4.78, 5) is 12.0. The quantitative estimate of drug-likeness (QED) is 0.919. The van der Waals surface area contributed by atoms with E-state index in [0.29, 0.717) is 12.8 Å². The van der Waals surface area contributed by atoms with E-state index in [1.54, 1.807) is 16.9 Å². The van der Waals surface area contributed by atoms with Crippen molar-refractivity contribution < 1.29 is 9.18 Å². The van der Waals surface area contributed by atoms with Crippen LogP contribution in [0.2, 0.25) is 0 Å². The second-order valence-corrected chi connectivity index (χ2v) is 5.49. The number of nitrogens with zero attached hydrogens (tertiary/aromatic N) is 2. The van der Waals surface area contributed by atoms with Crippen LogP contribution in [0.15, 0.2) is 30.5 Å². The maximum atomic E-state index is 13.1. The van der Waals surface area contributed by atoms with Crippen LogP contribution in [0.5, 0.6) is 0 Å². The summed E-state index contributed by atoms with van der Waals surface area (Å²) in [6, 6.07) is 6.50. The highest BCUT2D eigenvalue weighted by molar-refractivity contribution is 5.91. The minimum absolute atomic E-state index is 0.0463. The summed E-state index contributed by atoms with van der Waals surface area (Å²) in [7, 11) is 1.81. The Bertz CT molecular complexity index is 636. The van der Waals surface area contributed by atoms with Crippen molar-refractivity contribution in [2.75, 3.05) is 5.32 Å². The van der Waals surface area contributed by atoms with Gasteiger partial charge in [-0.2, -0.15) is 5.10 Å². The molecule has 112 valence electrons. The second-order valence-electron chi connectivity index (χ2n) is 5.49. The van der Waals surface area contributed by atoms with E-state index in [2.05, 4.69) is 10.4 Å². The molecule has 2 aromatic rings. The number of aryl methyl sites for hydroxylation is 2. The number of nitrogens with one attached hydrogen (secondary N) is 1. The number of carbonyl (C=O) groups is 1. The van der Waals surface area contributed by atoms with Crippen molar-refractivity contribution in [1.29, 1.82) is 0 Å². The zero-order valence-electron chi connectivity index (χ0n) is 12.6. The van der Waals surface area contributed by atoms with Crippen molar-refractivity contribution in [3.8, 4) is 0 Å². The predicted molar refractivity (Wildman–Crippen MR) is 80.5 cm³/mol. The minimum Gasteiger partial charge on any atom is -0.323 e. The third kappa shape index (κ3) is 4.41. The van der Waals surface area contributed by atoms with Crippen LogP contribution < -0.4 is 5.32 Å². The summed E-state index contributed by atoms with van der Waals surface area (Å²) < 4.78 is 14.8. The van der Waals surface area contributed by atoms with Gasteiger partial charge in [-0.1, -0.05) is 19.1 Å². The molecule has 1 atom stereocenters. The highest BCUT2D eigenvalue weighted by Gasteiger charge is 2.12. The van der Waals surface area contributed by atoms with Gasteiger partial charge in [-0.05, 0) is 37.0 Å². The summed E-state index contributed by atoms with van der Waals surface area (Å²) in [5.41, 5.74) is 2.44. The van der Waals surface area contributed by atoms with Gasteiger partial charge in [-0.25, -0.2) is 4.39 Å². The van der Waals surface area contributed by atoms with E-state index in [9.17, 15) is 9.18 Å². The third-order valence-electron chi connectivity index (χ3n) is 3.29. The Morgan fingerprint density at radius 2 is 2.24 bits per heavy atom. The highest BCUT2D eigenvalue weighted by Crippen LogP contribution is 2.16. The molecule has 1 aromatic carbocycles. The number of hydrogen-bond acceptors (Lipinski definition) is 2. The van der Waals surface area contributed by atoms with E-state index < -0.39 is 0 Å². The molecule has 1 amide bonds. The number of benzene rings is 1. The van der Waals surface area contributed by atoms with E-state index in [4.69, 9.17) is 0 Å². The van der Waals surface area contributed by atoms with Crippen LogP contribution in [0.1, 0.15) is 24.6 Å². The van der Waals surface area contributed by atoms with Crippen molar-refractivity contribution in [2.24, 2.45) is 13.0 Å². The Morgan fingerprint density at radius 1 is 1.48 bits per heavy atom. The molecule has 0 aliphatic heterocycles. The maximum Gasteiger partial charge on any atom is 0.224 e. The molecular formula is C16H20FN3O. The van der Waals surface area contributed by atoms with Crippen molar-refractivity contribution in [3.63, 3.8) is 0 Å². The zero-order chi connectivity index (χ0) is 15.4. The first-order valence-electron chi connectivity index (χ1n) is 6.98. The summed E-state index contributed by atoms with van der Waals surface area (Å²) >= 11 is 0. The molecule has 1 unspecified atom stereocenters. The van der Waals surface area contributed by atoms with Crippen LogP contribution in [0.4, 0.5) is 10.1 Å². The number of carbonyl (C=O) groups excluding carboxylic acids is 1. The van der Waals surface area contributed by atoms with E-state index >= 15 is 0 Å². The average molecular weight is 289 g/mol. The largest absolute Gasteiger partial charge is 0.323 e. The average Bonchev–Trinajstić information content (AvgIpc) is 2.67. The van der Waals surface area contributed by atoms with Gasteiger partial charge >= 0.3 is 0 Å². The lowest BCUT2D eigenvalue weighted by atomic mass is 9.97. The van der Waals surface area contributed by atoms with Crippen LogP contribution >= 0.6 is 0 Å². The summed E-state index contributed by atoms with van der Waals surface area (Å²) in [6.07, 6.45) is 2.85. The number of rotatable bonds is 5. The number of halogens is 1. The lowest BCUT2D eigenvalue weighted by molar-refractivity contribution is -0.116. The lowest BCUT2D eigenvalue weighted by Crippen LogP contribution is -2.16. The normalized spacial score (nSPS) is 12.2. The molecule has 4 nitrogen and oxygen atoms in total. The second kappa shape index (κ2) is 6.52. The van der Waals surface area contributed by atoms with Crippen LogP contribution in [0.25, 0.3) is 0 Å². The Balaban J connectivity index is 1.89. The van der Waals surface area contributed by atoms with Gasteiger partial charge in [0.25, 0.3) is 0 Å². The molecule has 0 spiro atoms. The maximum absolute atomic E-state index is 13.1. The smallest absolute Gasteiger partial charge is 0.224 e. The molecule has 0 radical (unpaired) electrons. The molecule has 2 rings (SSSR count). The molecule has 1 heterocycles. The summed E-state index contributed by atoms with van der Waals surface area (Å²) in [5.74, 6) is -0.145. The Labute approximate surface area is 124 Å². The standard InChI is InChI=1S/C16H20FN3O/c1-11(7-13-5-4-6-14(17)9-13)8-16(21)18-15-10-20(3)19-12(15)2/h4-6,9-11H,7-8H2,1-3H3,(H,18,21). The summed E-state index contributed by atoms with van der Waals surface area (Å²) in [6.45, 7) is 3.84. The molecule has 0 bridgehead atoms. The van der Waals surface area contributed by atoms with Gasteiger partial charge < -0.3 is 5.32 Å². The molecular weight excluding hydrogens is 269 g/mol. The minimum atomic E-state index is -0.241. The Kier molecular flexibility index (Phi) is 4.73. The molecule has 1 aromatic heterocycles. The van der Waals surface area contributed by atoms with Crippen LogP contribution in [0.3, 0.4) is 0 Å². The number of hydrogen-bond donors (Lipinski definition) is 1. The molecule has 0 saturated carbocycles. The van der Waals surface area contributed by atoms with Crippen LogP contribution in [-0.2, 0) is 18.3 Å². The fraction of sp³-hybridized carbons (Fsp3) is 0.375. The topological polar surface area (TPSA) is 46.9 Å². The summed E-state index contributed by atoms with van der Waals surface area (Å²) in [5, 5.41) is 7.04. The molecule has 0 aliphatic rings. The molecule has 0 saturated heterocycles.